The number of ether oxygens (including phenoxy) is 1. The predicted octanol–water partition coefficient (Wildman–Crippen LogP) is 3.04. The summed E-state index contributed by atoms with van der Waals surface area (Å²) in [6.07, 6.45) is 0. The van der Waals surface area contributed by atoms with Crippen LogP contribution in [0.4, 0.5) is 4.39 Å². The van der Waals surface area contributed by atoms with E-state index in [4.69, 9.17) is 4.74 Å². The minimum absolute atomic E-state index is 0.123. The molecule has 0 unspecified atom stereocenters. The summed E-state index contributed by atoms with van der Waals surface area (Å²) in [5.74, 6) is -1.01. The summed E-state index contributed by atoms with van der Waals surface area (Å²) in [7, 11) is 0. The molecule has 0 saturated carbocycles. The van der Waals surface area contributed by atoms with E-state index in [1.807, 2.05) is 0 Å². The van der Waals surface area contributed by atoms with Crippen LogP contribution >= 0.6 is 11.8 Å². The number of amides is 1. The van der Waals surface area contributed by atoms with Gasteiger partial charge in [0.25, 0.3) is 0 Å². The molecule has 0 radical (unpaired) electrons. The van der Waals surface area contributed by atoms with E-state index in [0.29, 0.717) is 22.0 Å². The molecule has 0 bridgehead atoms. The summed E-state index contributed by atoms with van der Waals surface area (Å²) in [4.78, 5) is 31.0. The number of halogens is 1. The van der Waals surface area contributed by atoms with Gasteiger partial charge in [-0.25, -0.2) is 14.2 Å². The van der Waals surface area contributed by atoms with E-state index in [1.54, 1.807) is 32.9 Å². The minimum Gasteiger partial charge on any atom is -0.463 e. The quantitative estimate of drug-likeness (QED) is 0.788. The maximum atomic E-state index is 13.3. The summed E-state index contributed by atoms with van der Waals surface area (Å²) in [5, 5.41) is 0.286. The zero-order valence-corrected chi connectivity index (χ0v) is 14.4. The van der Waals surface area contributed by atoms with E-state index in [0.717, 1.165) is 0 Å². The lowest BCUT2D eigenvalue weighted by Gasteiger charge is -2.33. The third-order valence-electron chi connectivity index (χ3n) is 3.94. The maximum absolute atomic E-state index is 13.3. The molecule has 1 fully saturated rings. The Bertz CT molecular complexity index is 758. The Labute approximate surface area is 143 Å². The molecule has 1 amide bonds. The van der Waals surface area contributed by atoms with Gasteiger partial charge >= 0.3 is 5.97 Å². The number of carbonyl (C=O) groups is 2. The van der Waals surface area contributed by atoms with Gasteiger partial charge in [0, 0.05) is 0 Å². The van der Waals surface area contributed by atoms with Crippen molar-refractivity contribution in [2.24, 2.45) is 4.99 Å². The van der Waals surface area contributed by atoms with Gasteiger partial charge in [-0.2, -0.15) is 0 Å². The Hall–Kier alpha value is -2.15. The average molecular weight is 348 g/mol. The predicted molar refractivity (Wildman–Crippen MR) is 89.8 cm³/mol. The molecule has 0 aromatic heterocycles. The van der Waals surface area contributed by atoms with E-state index >= 15 is 0 Å². The van der Waals surface area contributed by atoms with Crippen LogP contribution in [-0.2, 0) is 14.3 Å². The van der Waals surface area contributed by atoms with Crippen LogP contribution in [0.1, 0.15) is 32.4 Å². The van der Waals surface area contributed by atoms with E-state index in [1.165, 1.54) is 28.8 Å². The molecule has 0 N–H and O–H groups in total. The summed E-state index contributed by atoms with van der Waals surface area (Å²) >= 11 is 1.36. The fraction of sp³-hybridized carbons (Fsp3) is 0.353. The normalized spacial score (nSPS) is 23.2. The van der Waals surface area contributed by atoms with Crippen molar-refractivity contribution in [3.8, 4) is 0 Å². The second-order valence-electron chi connectivity index (χ2n) is 5.54. The summed E-state index contributed by atoms with van der Waals surface area (Å²) < 4.78 is 18.5. The van der Waals surface area contributed by atoms with Crippen LogP contribution in [0, 0.1) is 5.82 Å². The van der Waals surface area contributed by atoms with Crippen molar-refractivity contribution in [1.29, 1.82) is 0 Å². The molecule has 1 saturated heterocycles. The first-order valence-corrected chi connectivity index (χ1v) is 8.53. The van der Waals surface area contributed by atoms with Crippen LogP contribution in [0.25, 0.3) is 0 Å². The van der Waals surface area contributed by atoms with Gasteiger partial charge in [-0.05, 0) is 38.5 Å². The van der Waals surface area contributed by atoms with Gasteiger partial charge in [0.1, 0.15) is 5.82 Å². The standard InChI is InChI=1S/C17H17FN2O3S/c1-4-23-16(22)13-9(2)19-17-20(15(21)10(3)24-17)14(13)11-5-7-12(18)8-6-11/h5-8,10,14H,4H2,1-3H3/t10-,14+/m1/s1. The van der Waals surface area contributed by atoms with Crippen molar-refractivity contribution in [2.45, 2.75) is 32.1 Å². The minimum atomic E-state index is -0.651. The van der Waals surface area contributed by atoms with Crippen LogP contribution < -0.4 is 0 Å². The van der Waals surface area contributed by atoms with Gasteiger partial charge < -0.3 is 4.74 Å². The molecule has 2 atom stereocenters. The number of fused-ring (bicyclic) bond motifs is 1. The highest BCUT2D eigenvalue weighted by atomic mass is 32.2. The molecule has 0 aliphatic carbocycles. The second kappa shape index (κ2) is 6.39. The zero-order valence-electron chi connectivity index (χ0n) is 13.6. The number of rotatable bonds is 3. The van der Waals surface area contributed by atoms with E-state index in [9.17, 15) is 14.0 Å². The number of thioether (sulfide) groups is 1. The molecular weight excluding hydrogens is 331 g/mol. The van der Waals surface area contributed by atoms with E-state index < -0.39 is 12.0 Å². The molecule has 2 aliphatic rings. The van der Waals surface area contributed by atoms with Crippen molar-refractivity contribution < 1.29 is 18.7 Å². The molecule has 1 aromatic carbocycles. The summed E-state index contributed by atoms with van der Waals surface area (Å²) in [6, 6.07) is 5.14. The number of carbonyl (C=O) groups excluding carboxylic acids is 2. The van der Waals surface area contributed by atoms with Crippen molar-refractivity contribution in [3.05, 3.63) is 46.9 Å². The second-order valence-corrected chi connectivity index (χ2v) is 6.84. The van der Waals surface area contributed by atoms with Crippen LogP contribution in [0.3, 0.4) is 0 Å². The molecule has 0 spiro atoms. The lowest BCUT2D eigenvalue weighted by Crippen LogP contribution is -2.40. The van der Waals surface area contributed by atoms with Gasteiger partial charge in [0.15, 0.2) is 5.17 Å². The Morgan fingerprint density at radius 2 is 2.04 bits per heavy atom. The summed E-state index contributed by atoms with van der Waals surface area (Å²) in [5.41, 5.74) is 1.48. The van der Waals surface area contributed by atoms with Gasteiger partial charge in [-0.1, -0.05) is 23.9 Å². The third-order valence-corrected chi connectivity index (χ3v) is 4.99. The topological polar surface area (TPSA) is 59.0 Å². The molecule has 7 heteroatoms. The number of hydrogen-bond donors (Lipinski definition) is 0. The summed E-state index contributed by atoms with van der Waals surface area (Å²) in [6.45, 7) is 5.47. The fourth-order valence-corrected chi connectivity index (χ4v) is 3.86. The van der Waals surface area contributed by atoms with Crippen LogP contribution in [-0.4, -0.2) is 33.8 Å². The van der Waals surface area contributed by atoms with Crippen molar-refractivity contribution in [3.63, 3.8) is 0 Å². The molecular formula is C17H17FN2O3S. The molecule has 2 aliphatic heterocycles. The van der Waals surface area contributed by atoms with E-state index in [2.05, 4.69) is 4.99 Å². The number of nitrogens with zero attached hydrogens (tertiary/aromatic N) is 2. The number of amidine groups is 1. The Balaban J connectivity index is 2.14. The van der Waals surface area contributed by atoms with Gasteiger partial charge in [-0.15, -0.1) is 0 Å². The van der Waals surface area contributed by atoms with Gasteiger partial charge in [0.2, 0.25) is 5.91 Å². The van der Waals surface area contributed by atoms with Crippen LogP contribution in [0.2, 0.25) is 0 Å². The van der Waals surface area contributed by atoms with Crippen LogP contribution in [0.15, 0.2) is 40.5 Å². The van der Waals surface area contributed by atoms with Gasteiger partial charge in [-0.3, -0.25) is 9.69 Å². The number of allylic oxidation sites excluding steroid dienone is 1. The molecule has 1 aromatic rings. The first-order valence-electron chi connectivity index (χ1n) is 7.65. The average Bonchev–Trinajstić information content (AvgIpc) is 2.81. The van der Waals surface area contributed by atoms with Crippen LogP contribution in [0.5, 0.6) is 0 Å². The number of aliphatic imine (C=N–C) groups is 1. The highest BCUT2D eigenvalue weighted by Gasteiger charge is 2.46. The SMILES string of the molecule is CCOC(=O)C1=C(C)N=C2S[C@H](C)C(=O)N2[C@H]1c1ccc(F)cc1. The molecule has 126 valence electrons. The fourth-order valence-electron chi connectivity index (χ4n) is 2.83. The smallest absolute Gasteiger partial charge is 0.338 e. The zero-order chi connectivity index (χ0) is 17.4. The molecule has 2 heterocycles. The Morgan fingerprint density at radius 1 is 1.38 bits per heavy atom. The van der Waals surface area contributed by atoms with Crippen molar-refractivity contribution in [2.75, 3.05) is 6.61 Å². The number of hydrogen-bond acceptors (Lipinski definition) is 5. The number of esters is 1. The molecule has 24 heavy (non-hydrogen) atoms. The molecule has 3 rings (SSSR count). The Kier molecular flexibility index (Phi) is 4.45. The Morgan fingerprint density at radius 3 is 2.67 bits per heavy atom. The monoisotopic (exact) mass is 348 g/mol. The van der Waals surface area contributed by atoms with Crippen molar-refractivity contribution in [1.82, 2.24) is 4.90 Å². The van der Waals surface area contributed by atoms with E-state index in [-0.39, 0.29) is 23.6 Å². The molecule has 5 nitrogen and oxygen atoms in total. The van der Waals surface area contributed by atoms with Gasteiger partial charge in [0.05, 0.1) is 29.2 Å². The highest BCUT2D eigenvalue weighted by Crippen LogP contribution is 2.43. The number of benzene rings is 1. The van der Waals surface area contributed by atoms with Crippen molar-refractivity contribution >= 4 is 28.8 Å². The largest absolute Gasteiger partial charge is 0.463 e. The lowest BCUT2D eigenvalue weighted by atomic mass is 9.94. The lowest BCUT2D eigenvalue weighted by molar-refractivity contribution is -0.139. The highest BCUT2D eigenvalue weighted by molar-refractivity contribution is 8.15. The first-order chi connectivity index (χ1) is 11.4. The third kappa shape index (κ3) is 2.73. The first kappa shape index (κ1) is 16.7. The maximum Gasteiger partial charge on any atom is 0.338 e.